The van der Waals surface area contributed by atoms with Crippen molar-refractivity contribution in [3.05, 3.63) is 34.9 Å². The number of benzene rings is 1. The van der Waals surface area contributed by atoms with E-state index in [-0.39, 0.29) is 23.9 Å². The van der Waals surface area contributed by atoms with Crippen LogP contribution in [0.4, 0.5) is 0 Å². The van der Waals surface area contributed by atoms with Crippen molar-refractivity contribution in [2.45, 2.75) is 44.7 Å². The van der Waals surface area contributed by atoms with Crippen LogP contribution in [-0.4, -0.2) is 60.0 Å². The molecule has 0 bridgehead atoms. The van der Waals surface area contributed by atoms with Crippen LogP contribution in [0.3, 0.4) is 0 Å². The molecule has 0 unspecified atom stereocenters. The molecule has 2 aliphatic rings. The van der Waals surface area contributed by atoms with Crippen molar-refractivity contribution in [3.8, 4) is 0 Å². The fourth-order valence-corrected chi connectivity index (χ4v) is 4.12. The van der Waals surface area contributed by atoms with Crippen molar-refractivity contribution in [3.63, 3.8) is 0 Å². The third-order valence-electron chi connectivity index (χ3n) is 5.16. The molecule has 0 aromatic heterocycles. The van der Waals surface area contributed by atoms with Crippen LogP contribution in [-0.2, 0) is 9.53 Å². The Labute approximate surface area is 153 Å². The number of piperidine rings is 1. The number of rotatable bonds is 3. The summed E-state index contributed by atoms with van der Waals surface area (Å²) in [4.78, 5) is 28.8. The average molecular weight is 365 g/mol. The Balaban J connectivity index is 1.62. The quantitative estimate of drug-likeness (QED) is 0.828. The van der Waals surface area contributed by atoms with Gasteiger partial charge < -0.3 is 14.5 Å². The Morgan fingerprint density at radius 1 is 1.12 bits per heavy atom. The molecule has 1 aromatic rings. The molecule has 6 heteroatoms. The molecule has 2 fully saturated rings. The van der Waals surface area contributed by atoms with Gasteiger partial charge in [0.25, 0.3) is 5.91 Å². The lowest BCUT2D eigenvalue weighted by atomic mass is 9.97. The van der Waals surface area contributed by atoms with Crippen molar-refractivity contribution in [2.75, 3.05) is 26.3 Å². The van der Waals surface area contributed by atoms with Gasteiger partial charge in [-0.25, -0.2) is 0 Å². The van der Waals surface area contributed by atoms with Gasteiger partial charge in [-0.3, -0.25) is 9.59 Å². The number of halogens is 1. The maximum Gasteiger partial charge on any atom is 0.253 e. The van der Waals surface area contributed by atoms with Crippen LogP contribution in [0.5, 0.6) is 0 Å². The zero-order valence-electron chi connectivity index (χ0n) is 14.6. The number of carbonyl (C=O) groups excluding carboxylic acids is 2. The lowest BCUT2D eigenvalue weighted by Crippen LogP contribution is -2.53. The van der Waals surface area contributed by atoms with Crippen LogP contribution in [0.15, 0.2) is 24.3 Å². The molecule has 2 heterocycles. The first-order valence-corrected chi connectivity index (χ1v) is 9.35. The van der Waals surface area contributed by atoms with Crippen LogP contribution >= 0.6 is 11.6 Å². The van der Waals surface area contributed by atoms with Crippen LogP contribution in [0.1, 0.15) is 43.0 Å². The van der Waals surface area contributed by atoms with Gasteiger partial charge in [-0.05, 0) is 43.9 Å². The highest BCUT2D eigenvalue weighted by Gasteiger charge is 2.33. The van der Waals surface area contributed by atoms with Crippen LogP contribution in [0.25, 0.3) is 0 Å². The molecule has 136 valence electrons. The molecule has 0 spiro atoms. The number of hydrogen-bond donors (Lipinski definition) is 0. The molecule has 25 heavy (non-hydrogen) atoms. The van der Waals surface area contributed by atoms with Gasteiger partial charge in [-0.2, -0.15) is 0 Å². The Kier molecular flexibility index (Phi) is 5.97. The van der Waals surface area contributed by atoms with Gasteiger partial charge >= 0.3 is 0 Å². The van der Waals surface area contributed by atoms with E-state index in [1.807, 2.05) is 9.80 Å². The van der Waals surface area contributed by atoms with Gasteiger partial charge in [0.2, 0.25) is 5.91 Å². The summed E-state index contributed by atoms with van der Waals surface area (Å²) < 4.78 is 5.42. The lowest BCUT2D eigenvalue weighted by Gasteiger charge is -2.43. The first kappa shape index (κ1) is 18.2. The number of likely N-dealkylation sites (tertiary alicyclic amines) is 1. The maximum absolute atomic E-state index is 12.6. The van der Waals surface area contributed by atoms with E-state index in [2.05, 4.69) is 0 Å². The van der Waals surface area contributed by atoms with Gasteiger partial charge in [0.05, 0.1) is 0 Å². The molecule has 2 saturated heterocycles. The number of carbonyl (C=O) groups is 2. The highest BCUT2D eigenvalue weighted by atomic mass is 35.5. The minimum Gasteiger partial charge on any atom is -0.381 e. The molecule has 0 saturated carbocycles. The third kappa shape index (κ3) is 4.33. The predicted octanol–water partition coefficient (Wildman–Crippen LogP) is 2.97. The summed E-state index contributed by atoms with van der Waals surface area (Å²) in [6, 6.07) is 7.55. The van der Waals surface area contributed by atoms with Crippen molar-refractivity contribution in [1.82, 2.24) is 9.80 Å². The Bertz CT molecular complexity index is 623. The Hall–Kier alpha value is -1.59. The van der Waals surface area contributed by atoms with E-state index >= 15 is 0 Å². The molecule has 1 aromatic carbocycles. The SMILES string of the molecule is CC(=O)N(C1CCOCC1)C1CCN(C(=O)c2cccc(Cl)c2)CC1. The Morgan fingerprint density at radius 2 is 1.76 bits per heavy atom. The summed E-state index contributed by atoms with van der Waals surface area (Å²) >= 11 is 5.99. The molecule has 2 amide bonds. The molecule has 3 rings (SSSR count). The van der Waals surface area contributed by atoms with E-state index < -0.39 is 0 Å². The lowest BCUT2D eigenvalue weighted by molar-refractivity contribution is -0.137. The zero-order valence-corrected chi connectivity index (χ0v) is 15.4. The summed E-state index contributed by atoms with van der Waals surface area (Å²) in [5, 5.41) is 0.572. The summed E-state index contributed by atoms with van der Waals surface area (Å²) in [6.45, 7) is 4.44. The monoisotopic (exact) mass is 364 g/mol. The summed E-state index contributed by atoms with van der Waals surface area (Å²) in [6.07, 6.45) is 3.45. The molecular weight excluding hydrogens is 340 g/mol. The summed E-state index contributed by atoms with van der Waals surface area (Å²) in [7, 11) is 0. The van der Waals surface area contributed by atoms with Crippen molar-refractivity contribution < 1.29 is 14.3 Å². The van der Waals surface area contributed by atoms with E-state index in [0.717, 1.165) is 38.9 Å². The number of amides is 2. The normalized spacial score (nSPS) is 19.7. The predicted molar refractivity (Wildman–Crippen MR) is 96.7 cm³/mol. The molecular formula is C19H25ClN2O3. The van der Waals surface area contributed by atoms with Gasteiger partial charge in [0.15, 0.2) is 0 Å². The van der Waals surface area contributed by atoms with Crippen molar-refractivity contribution >= 4 is 23.4 Å². The van der Waals surface area contributed by atoms with Gasteiger partial charge in [0.1, 0.15) is 0 Å². The molecule has 0 radical (unpaired) electrons. The largest absolute Gasteiger partial charge is 0.381 e. The summed E-state index contributed by atoms with van der Waals surface area (Å²) in [5.74, 6) is 0.146. The second kappa shape index (κ2) is 8.19. The van der Waals surface area contributed by atoms with Crippen molar-refractivity contribution in [1.29, 1.82) is 0 Å². The smallest absolute Gasteiger partial charge is 0.253 e. The minimum absolute atomic E-state index is 0.0152. The average Bonchev–Trinajstić information content (AvgIpc) is 2.62. The number of nitrogens with zero attached hydrogens (tertiary/aromatic N) is 2. The molecule has 5 nitrogen and oxygen atoms in total. The fourth-order valence-electron chi connectivity index (χ4n) is 3.93. The number of hydrogen-bond acceptors (Lipinski definition) is 3. The fraction of sp³-hybridized carbons (Fsp3) is 0.579. The molecule has 0 aliphatic carbocycles. The van der Waals surface area contributed by atoms with E-state index in [1.54, 1.807) is 31.2 Å². The van der Waals surface area contributed by atoms with E-state index in [9.17, 15) is 9.59 Å². The van der Waals surface area contributed by atoms with E-state index in [4.69, 9.17) is 16.3 Å². The second-order valence-corrected chi connectivity index (χ2v) is 7.24. The molecule has 0 N–H and O–H groups in total. The number of ether oxygens (including phenoxy) is 1. The van der Waals surface area contributed by atoms with Crippen molar-refractivity contribution in [2.24, 2.45) is 0 Å². The standard InChI is InChI=1S/C19H25ClN2O3/c1-14(23)22(18-7-11-25-12-8-18)17-5-9-21(10-6-17)19(24)15-3-2-4-16(20)13-15/h2-4,13,17-18H,5-12H2,1H3. The minimum atomic E-state index is 0.0152. The van der Waals surface area contributed by atoms with Crippen LogP contribution < -0.4 is 0 Å². The van der Waals surface area contributed by atoms with Gasteiger partial charge in [-0.15, -0.1) is 0 Å². The highest BCUT2D eigenvalue weighted by molar-refractivity contribution is 6.30. The maximum atomic E-state index is 12.6. The second-order valence-electron chi connectivity index (χ2n) is 6.80. The highest BCUT2D eigenvalue weighted by Crippen LogP contribution is 2.25. The topological polar surface area (TPSA) is 49.9 Å². The van der Waals surface area contributed by atoms with Gasteiger partial charge in [-0.1, -0.05) is 17.7 Å². The Morgan fingerprint density at radius 3 is 2.36 bits per heavy atom. The first-order valence-electron chi connectivity index (χ1n) is 8.98. The van der Waals surface area contributed by atoms with E-state index in [1.165, 1.54) is 0 Å². The summed E-state index contributed by atoms with van der Waals surface area (Å²) in [5.41, 5.74) is 0.624. The zero-order chi connectivity index (χ0) is 17.8. The first-order chi connectivity index (χ1) is 12.1. The van der Waals surface area contributed by atoms with Gasteiger partial charge in [0, 0.05) is 55.9 Å². The molecule has 2 aliphatic heterocycles. The molecule has 0 atom stereocenters. The van der Waals surface area contributed by atoms with Crippen LogP contribution in [0.2, 0.25) is 5.02 Å². The van der Waals surface area contributed by atoms with E-state index in [0.29, 0.717) is 23.7 Å². The van der Waals surface area contributed by atoms with Crippen LogP contribution in [0, 0.1) is 0 Å². The third-order valence-corrected chi connectivity index (χ3v) is 5.40.